The topological polar surface area (TPSA) is 52.6 Å². The Morgan fingerprint density at radius 2 is 1.00 bits per heavy atom. The molecule has 6 heteroatoms. The molecule has 0 bridgehead atoms. The van der Waals surface area contributed by atoms with Crippen molar-refractivity contribution < 1.29 is 18.2 Å². The zero-order chi connectivity index (χ0) is 19.4. The third kappa shape index (κ3) is 4.56. The van der Waals surface area contributed by atoms with Crippen molar-refractivity contribution in [3.63, 3.8) is 0 Å². The van der Waals surface area contributed by atoms with Gasteiger partial charge in [-0.05, 0) is 34.6 Å². The normalized spacial score (nSPS) is 14.0. The first-order chi connectivity index (χ1) is 12.2. The van der Waals surface area contributed by atoms with E-state index >= 15 is 0 Å². The van der Waals surface area contributed by atoms with Gasteiger partial charge < -0.3 is 13.6 Å². The van der Waals surface area contributed by atoms with Gasteiger partial charge in [-0.15, -0.1) is 0 Å². The molecule has 0 radical (unpaired) electrons. The molecule has 1 unspecified atom stereocenters. The van der Waals surface area contributed by atoms with Crippen LogP contribution in [0.1, 0.15) is 34.6 Å². The van der Waals surface area contributed by atoms with E-state index in [1.54, 1.807) is 34.6 Å². The van der Waals surface area contributed by atoms with Crippen LogP contribution in [0.3, 0.4) is 0 Å². The summed E-state index contributed by atoms with van der Waals surface area (Å²) in [6.45, 7) is 8.93. The molecule has 0 aliphatic heterocycles. The molecule has 0 aromatic heterocycles. The van der Waals surface area contributed by atoms with E-state index in [2.05, 4.69) is 0 Å². The van der Waals surface area contributed by atoms with Crippen LogP contribution in [-0.2, 0) is 18.2 Å². The Bertz CT molecular complexity index is 730. The quantitative estimate of drug-likeness (QED) is 0.564. The van der Waals surface area contributed by atoms with Crippen LogP contribution in [0.5, 0.6) is 0 Å². The van der Waals surface area contributed by atoms with Gasteiger partial charge in [0.2, 0.25) is 0 Å². The summed E-state index contributed by atoms with van der Waals surface area (Å²) in [5, 5.41) is 0.502. The minimum absolute atomic E-state index is 0.304. The van der Waals surface area contributed by atoms with Gasteiger partial charge >= 0.3 is 7.60 Å². The van der Waals surface area contributed by atoms with Gasteiger partial charge in [0.25, 0.3) is 0 Å². The summed E-state index contributed by atoms with van der Waals surface area (Å²) >= 11 is 0. The summed E-state index contributed by atoms with van der Waals surface area (Å²) in [5.41, 5.74) is 0. The number of hydrogen-bond donors (Lipinski definition) is 0. The van der Waals surface area contributed by atoms with Crippen molar-refractivity contribution in [3.05, 3.63) is 60.7 Å². The average molecular weight is 394 g/mol. The Morgan fingerprint density at radius 3 is 1.31 bits per heavy atom. The van der Waals surface area contributed by atoms with Gasteiger partial charge in [-0.25, -0.2) is 0 Å². The predicted octanol–water partition coefficient (Wildman–Crippen LogP) is 5.39. The van der Waals surface area contributed by atoms with Gasteiger partial charge in [-0.2, -0.15) is 0 Å². The van der Waals surface area contributed by atoms with Crippen molar-refractivity contribution in [3.8, 4) is 0 Å². The molecule has 1 atom stereocenters. The average Bonchev–Trinajstić information content (AvgIpc) is 2.60. The fourth-order valence-electron chi connectivity index (χ4n) is 2.87. The van der Waals surface area contributed by atoms with Gasteiger partial charge in [0.05, 0.1) is 12.2 Å². The number of rotatable bonds is 8. The molecular weight excluding hydrogens is 366 g/mol. The summed E-state index contributed by atoms with van der Waals surface area (Å²) in [6, 6.07) is 18.4. The van der Waals surface area contributed by atoms with Crippen LogP contribution >= 0.6 is 14.7 Å². The summed E-state index contributed by atoms with van der Waals surface area (Å²) in [4.78, 5) is 0. The van der Waals surface area contributed by atoms with Gasteiger partial charge in [-0.3, -0.25) is 4.57 Å². The van der Waals surface area contributed by atoms with Crippen LogP contribution in [0.25, 0.3) is 0 Å². The molecular formula is C20H28O4P2. The predicted molar refractivity (Wildman–Crippen MR) is 109 cm³/mol. The molecule has 0 aliphatic carbocycles. The van der Waals surface area contributed by atoms with E-state index < -0.39 is 20.1 Å². The molecule has 0 N–H and O–H groups in total. The van der Waals surface area contributed by atoms with Crippen LogP contribution in [0.15, 0.2) is 60.7 Å². The first kappa shape index (κ1) is 21.1. The SMILES string of the molecule is CC(C)OP(=O)(OC(C)C)C(C)P(=O)(c1ccccc1)c1ccccc1. The molecule has 0 aliphatic rings. The number of benzene rings is 2. The van der Waals surface area contributed by atoms with Crippen molar-refractivity contribution in [1.29, 1.82) is 0 Å². The molecule has 0 heterocycles. The van der Waals surface area contributed by atoms with Crippen LogP contribution in [0.2, 0.25) is 0 Å². The molecule has 2 rings (SSSR count). The molecule has 2 aromatic rings. The van der Waals surface area contributed by atoms with Crippen LogP contribution in [0.4, 0.5) is 0 Å². The van der Waals surface area contributed by atoms with Crippen LogP contribution in [0, 0.1) is 0 Å². The lowest BCUT2D eigenvalue weighted by molar-refractivity contribution is 0.141. The van der Waals surface area contributed by atoms with Gasteiger partial charge in [0.1, 0.15) is 5.40 Å². The Labute approximate surface area is 156 Å². The summed E-state index contributed by atoms with van der Waals surface area (Å²) in [5.74, 6) is 0. The fraction of sp³-hybridized carbons (Fsp3) is 0.400. The minimum Gasteiger partial charge on any atom is -0.313 e. The first-order valence-corrected chi connectivity index (χ1v) is 12.3. The fourth-order valence-corrected chi connectivity index (χ4v) is 9.56. The smallest absolute Gasteiger partial charge is 0.313 e. The van der Waals surface area contributed by atoms with Crippen LogP contribution < -0.4 is 10.6 Å². The Kier molecular flexibility index (Phi) is 7.05. The van der Waals surface area contributed by atoms with E-state index in [4.69, 9.17) is 9.05 Å². The van der Waals surface area contributed by atoms with E-state index in [0.717, 1.165) is 0 Å². The molecule has 2 aromatic carbocycles. The monoisotopic (exact) mass is 394 g/mol. The molecule has 0 fully saturated rings. The van der Waals surface area contributed by atoms with Gasteiger partial charge in [-0.1, -0.05) is 60.7 Å². The lowest BCUT2D eigenvalue weighted by Gasteiger charge is -2.33. The van der Waals surface area contributed by atoms with Crippen molar-refractivity contribution >= 4 is 25.3 Å². The van der Waals surface area contributed by atoms with E-state index in [1.165, 1.54) is 0 Å². The maximum atomic E-state index is 14.4. The molecule has 0 amide bonds. The molecule has 26 heavy (non-hydrogen) atoms. The number of hydrogen-bond acceptors (Lipinski definition) is 4. The van der Waals surface area contributed by atoms with E-state index in [-0.39, 0.29) is 12.2 Å². The largest absolute Gasteiger partial charge is 0.341 e. The summed E-state index contributed by atoms with van der Waals surface area (Å²) < 4.78 is 39.6. The first-order valence-electron chi connectivity index (χ1n) is 8.87. The summed E-state index contributed by atoms with van der Waals surface area (Å²) in [7, 11) is -6.90. The lowest BCUT2D eigenvalue weighted by atomic mass is 10.4. The summed E-state index contributed by atoms with van der Waals surface area (Å²) in [6.07, 6.45) is -0.607. The maximum Gasteiger partial charge on any atom is 0.341 e. The Hall–Kier alpha value is -1.18. The van der Waals surface area contributed by atoms with Gasteiger partial charge in [0, 0.05) is 10.6 Å². The van der Waals surface area contributed by atoms with E-state index in [0.29, 0.717) is 10.6 Å². The Morgan fingerprint density at radius 1 is 0.654 bits per heavy atom. The molecule has 0 spiro atoms. The molecule has 0 saturated carbocycles. The highest BCUT2D eigenvalue weighted by molar-refractivity contribution is 7.87. The second kappa shape index (κ2) is 8.67. The zero-order valence-corrected chi connectivity index (χ0v) is 17.8. The highest BCUT2D eigenvalue weighted by Gasteiger charge is 2.48. The molecule has 142 valence electrons. The zero-order valence-electron chi connectivity index (χ0n) is 16.0. The van der Waals surface area contributed by atoms with Crippen LogP contribution in [-0.4, -0.2) is 17.6 Å². The van der Waals surface area contributed by atoms with E-state index in [9.17, 15) is 9.13 Å². The van der Waals surface area contributed by atoms with E-state index in [1.807, 2.05) is 60.7 Å². The van der Waals surface area contributed by atoms with Crippen molar-refractivity contribution in [2.24, 2.45) is 0 Å². The van der Waals surface area contributed by atoms with Crippen molar-refractivity contribution in [1.82, 2.24) is 0 Å². The molecule has 4 nitrogen and oxygen atoms in total. The second-order valence-electron chi connectivity index (χ2n) is 6.81. The van der Waals surface area contributed by atoms with Crippen molar-refractivity contribution in [2.75, 3.05) is 0 Å². The van der Waals surface area contributed by atoms with Gasteiger partial charge in [0.15, 0.2) is 7.14 Å². The third-order valence-corrected chi connectivity index (χ3v) is 11.3. The second-order valence-corrected chi connectivity index (χ2v) is 12.6. The third-order valence-electron chi connectivity index (χ3n) is 3.98. The highest BCUT2D eigenvalue weighted by Crippen LogP contribution is 2.68. The maximum absolute atomic E-state index is 14.4. The highest BCUT2D eigenvalue weighted by atomic mass is 31.2. The Balaban J connectivity index is 2.64. The standard InChI is InChI=1S/C20H28O4P2/c1-16(2)23-26(22,24-17(3)4)18(5)25(21,19-12-8-6-9-13-19)20-14-10-7-11-15-20/h6-18H,1-5H3. The van der Waals surface area contributed by atoms with Crippen molar-refractivity contribution in [2.45, 2.75) is 52.2 Å². The lowest BCUT2D eigenvalue weighted by Crippen LogP contribution is -2.27. The molecule has 0 saturated heterocycles. The minimum atomic E-state index is -3.64.